The third kappa shape index (κ3) is 5.73. The van der Waals surface area contributed by atoms with Crippen molar-refractivity contribution < 1.29 is 0 Å². The zero-order valence-corrected chi connectivity index (χ0v) is 14.2. The Bertz CT molecular complexity index is 194. The van der Waals surface area contributed by atoms with Crippen LogP contribution in [0.25, 0.3) is 0 Å². The van der Waals surface area contributed by atoms with Crippen molar-refractivity contribution in [3.05, 3.63) is 0 Å². The van der Waals surface area contributed by atoms with Gasteiger partial charge < -0.3 is 0 Å². The highest BCUT2D eigenvalue weighted by Gasteiger charge is 2.26. The summed E-state index contributed by atoms with van der Waals surface area (Å²) < 4.78 is 0. The lowest BCUT2D eigenvalue weighted by atomic mass is 9.73. The van der Waals surface area contributed by atoms with E-state index in [1.807, 2.05) is 0 Å². The van der Waals surface area contributed by atoms with Gasteiger partial charge in [0.25, 0.3) is 0 Å². The molecule has 0 radical (unpaired) electrons. The highest BCUT2D eigenvalue weighted by atomic mass is 15.9. The second-order valence-corrected chi connectivity index (χ2v) is 7.03. The molecule has 0 aliphatic rings. The Kier molecular flexibility index (Phi) is 8.18. The minimum Gasteiger partial charge on any atom is -0.299 e. The van der Waals surface area contributed by atoms with Gasteiger partial charge in [0, 0.05) is 12.1 Å². The lowest BCUT2D eigenvalue weighted by Crippen LogP contribution is -2.38. The minimum atomic E-state index is 0.503. The maximum atomic E-state index is 2.61. The summed E-state index contributed by atoms with van der Waals surface area (Å²) in [6.45, 7) is 20.1. The molecule has 0 fully saturated rings. The lowest BCUT2D eigenvalue weighted by molar-refractivity contribution is 0.137. The minimum absolute atomic E-state index is 0.503. The SMILES string of the molecule is CCC(CC)C(C)(C)CCC[15N](C(C)C)C(C)C. The quantitative estimate of drug-likeness (QED) is 0.503. The number of hydrogen-bond acceptors (Lipinski definition) is 1. The van der Waals surface area contributed by atoms with E-state index in [1.54, 1.807) is 0 Å². The summed E-state index contributed by atoms with van der Waals surface area (Å²) in [5, 5.41) is 0. The first-order chi connectivity index (χ1) is 8.26. The Morgan fingerprint density at radius 3 is 1.67 bits per heavy atom. The molecular weight excluding hydrogens is 219 g/mol. The molecule has 0 bridgehead atoms. The zero-order valence-electron chi connectivity index (χ0n) is 14.2. The van der Waals surface area contributed by atoms with Crippen molar-refractivity contribution in [2.24, 2.45) is 11.3 Å². The first-order valence-electron chi connectivity index (χ1n) is 8.01. The molecule has 1 heteroatoms. The van der Waals surface area contributed by atoms with Gasteiger partial charge in [0.1, 0.15) is 0 Å². The fourth-order valence-corrected chi connectivity index (χ4v) is 3.43. The Labute approximate surface area is 116 Å². The molecule has 110 valence electrons. The highest BCUT2D eigenvalue weighted by molar-refractivity contribution is 4.78. The summed E-state index contributed by atoms with van der Waals surface area (Å²) in [5.74, 6) is 0.879. The van der Waals surface area contributed by atoms with E-state index in [4.69, 9.17) is 0 Å². The van der Waals surface area contributed by atoms with E-state index in [0.717, 1.165) is 5.92 Å². The maximum Gasteiger partial charge on any atom is 0.00412 e. The van der Waals surface area contributed by atoms with E-state index in [-0.39, 0.29) is 0 Å². The monoisotopic (exact) mass is 256 g/mol. The van der Waals surface area contributed by atoms with Crippen molar-refractivity contribution in [2.45, 2.75) is 93.2 Å². The van der Waals surface area contributed by atoms with Crippen LogP contribution < -0.4 is 0 Å². The van der Waals surface area contributed by atoms with E-state index >= 15 is 0 Å². The molecule has 0 aliphatic heterocycles. The molecule has 0 atom stereocenters. The zero-order chi connectivity index (χ0) is 14.3. The summed E-state index contributed by atoms with van der Waals surface area (Å²) in [6.07, 6.45) is 5.33. The fourth-order valence-electron chi connectivity index (χ4n) is 3.43. The second kappa shape index (κ2) is 8.19. The molecule has 0 aromatic heterocycles. The molecule has 0 N–H and O–H groups in total. The van der Waals surface area contributed by atoms with Gasteiger partial charge in [-0.3, -0.25) is 4.90 Å². The molecule has 18 heavy (non-hydrogen) atoms. The number of hydrogen-bond donors (Lipinski definition) is 0. The average molecular weight is 256 g/mol. The molecule has 0 rings (SSSR count). The topological polar surface area (TPSA) is 3.24 Å². The Balaban J connectivity index is 4.23. The van der Waals surface area contributed by atoms with Crippen LogP contribution in [0.3, 0.4) is 0 Å². The molecule has 0 saturated heterocycles. The molecular formula is C17H37N. The first-order valence-corrected chi connectivity index (χ1v) is 8.01. The Hall–Kier alpha value is -0.0400. The van der Waals surface area contributed by atoms with Crippen molar-refractivity contribution in [1.29, 1.82) is 0 Å². The van der Waals surface area contributed by atoms with Crippen LogP contribution >= 0.6 is 0 Å². The lowest BCUT2D eigenvalue weighted by Gasteiger charge is -2.36. The predicted molar refractivity (Wildman–Crippen MR) is 84.1 cm³/mol. The van der Waals surface area contributed by atoms with Crippen LogP contribution in [0.5, 0.6) is 0 Å². The smallest absolute Gasteiger partial charge is 0.00412 e. The van der Waals surface area contributed by atoms with Crippen molar-refractivity contribution in [2.75, 3.05) is 6.54 Å². The van der Waals surface area contributed by atoms with Crippen LogP contribution in [0.1, 0.15) is 81.1 Å². The molecule has 0 heterocycles. The Morgan fingerprint density at radius 1 is 0.889 bits per heavy atom. The van der Waals surface area contributed by atoms with Crippen LogP contribution in [0, 0.1) is 11.3 Å². The molecule has 1 nitrogen and oxygen atoms in total. The van der Waals surface area contributed by atoms with Gasteiger partial charge in [0.05, 0.1) is 0 Å². The van der Waals surface area contributed by atoms with E-state index < -0.39 is 0 Å². The number of rotatable bonds is 9. The first kappa shape index (κ1) is 18.0. The van der Waals surface area contributed by atoms with Crippen molar-refractivity contribution >= 4 is 0 Å². The summed E-state index contributed by atoms with van der Waals surface area (Å²) >= 11 is 0. The predicted octanol–water partition coefficient (Wildman–Crippen LogP) is 5.35. The van der Waals surface area contributed by atoms with E-state index in [1.165, 1.54) is 32.2 Å². The van der Waals surface area contributed by atoms with Gasteiger partial charge in [-0.1, -0.05) is 40.5 Å². The van der Waals surface area contributed by atoms with Gasteiger partial charge in [-0.2, -0.15) is 0 Å². The number of nitrogens with zero attached hydrogens (tertiary/aromatic N) is 1. The van der Waals surface area contributed by atoms with Crippen LogP contribution in [0.2, 0.25) is 0 Å². The third-order valence-electron chi connectivity index (χ3n) is 4.65. The molecule has 0 saturated carbocycles. The van der Waals surface area contributed by atoms with E-state index in [9.17, 15) is 0 Å². The van der Waals surface area contributed by atoms with Gasteiger partial charge in [0.2, 0.25) is 0 Å². The van der Waals surface area contributed by atoms with Gasteiger partial charge >= 0.3 is 0 Å². The largest absolute Gasteiger partial charge is 0.299 e. The van der Waals surface area contributed by atoms with Gasteiger partial charge in [-0.05, 0) is 58.4 Å². The van der Waals surface area contributed by atoms with E-state index in [0.29, 0.717) is 17.5 Å². The van der Waals surface area contributed by atoms with Crippen LogP contribution in [-0.4, -0.2) is 23.5 Å². The maximum absolute atomic E-state index is 2.61. The summed E-state index contributed by atoms with van der Waals surface area (Å²) in [4.78, 5) is 2.61. The van der Waals surface area contributed by atoms with Crippen LogP contribution in [0.4, 0.5) is 0 Å². The van der Waals surface area contributed by atoms with Crippen LogP contribution in [0.15, 0.2) is 0 Å². The molecule has 0 unspecified atom stereocenters. The third-order valence-corrected chi connectivity index (χ3v) is 4.65. The van der Waals surface area contributed by atoms with Crippen molar-refractivity contribution in [3.63, 3.8) is 0 Å². The summed E-state index contributed by atoms with van der Waals surface area (Å²) in [5.41, 5.74) is 0.503. The molecule has 0 spiro atoms. The highest BCUT2D eigenvalue weighted by Crippen LogP contribution is 2.36. The summed E-state index contributed by atoms with van der Waals surface area (Å²) in [6, 6.07) is 1.34. The van der Waals surface area contributed by atoms with E-state index in [2.05, 4.69) is 60.3 Å². The van der Waals surface area contributed by atoms with Crippen molar-refractivity contribution in [1.82, 2.24) is 4.90 Å². The molecule has 0 aliphatic carbocycles. The van der Waals surface area contributed by atoms with Gasteiger partial charge in [0.15, 0.2) is 0 Å². The van der Waals surface area contributed by atoms with Gasteiger partial charge in [-0.15, -0.1) is 0 Å². The average Bonchev–Trinajstić information content (AvgIpc) is 2.24. The van der Waals surface area contributed by atoms with Gasteiger partial charge in [-0.25, -0.2) is 0 Å². The van der Waals surface area contributed by atoms with Crippen molar-refractivity contribution in [3.8, 4) is 0 Å². The molecule has 0 aromatic rings. The normalized spacial score (nSPS) is 13.3. The molecule has 0 amide bonds. The van der Waals surface area contributed by atoms with Crippen LogP contribution in [-0.2, 0) is 0 Å². The molecule has 0 aromatic carbocycles. The standard InChI is InChI=1S/C17H37N/c1-9-16(10-2)17(7,8)12-11-13-18(14(3)4)15(5)6/h14-16H,9-13H2,1-8H3/i18+1. The second-order valence-electron chi connectivity index (χ2n) is 7.03. The fraction of sp³-hybridized carbons (Fsp3) is 1.00. The summed E-state index contributed by atoms with van der Waals surface area (Å²) in [7, 11) is 0. The Morgan fingerprint density at radius 2 is 1.33 bits per heavy atom.